The Morgan fingerprint density at radius 3 is 2.83 bits per heavy atom. The van der Waals surface area contributed by atoms with E-state index in [2.05, 4.69) is 11.1 Å². The fourth-order valence-electron chi connectivity index (χ4n) is 3.98. The molecule has 2 aliphatic heterocycles. The minimum atomic E-state index is -0.425. The minimum Gasteiger partial charge on any atom is -0.507 e. The molecular formula is C23H21N3O3. The van der Waals surface area contributed by atoms with Crippen LogP contribution in [0.3, 0.4) is 0 Å². The SMILES string of the molecule is CCOc1cccc2c1O[C@@H](c1cccnc1)N1N=C(c3ccccc3O)C[C@@H]21. The molecule has 0 spiro atoms. The Labute approximate surface area is 169 Å². The average molecular weight is 387 g/mol. The molecule has 0 amide bonds. The molecule has 29 heavy (non-hydrogen) atoms. The number of rotatable bonds is 4. The number of fused-ring (bicyclic) bond motifs is 3. The van der Waals surface area contributed by atoms with Crippen molar-refractivity contribution in [3.63, 3.8) is 0 Å². The number of nitrogens with zero attached hydrogens (tertiary/aromatic N) is 3. The number of aromatic nitrogens is 1. The number of hydrazone groups is 1. The van der Waals surface area contributed by atoms with Crippen molar-refractivity contribution >= 4 is 5.71 Å². The van der Waals surface area contributed by atoms with Gasteiger partial charge in [0.2, 0.25) is 6.23 Å². The number of phenolic OH excluding ortho intramolecular Hbond substituents is 1. The van der Waals surface area contributed by atoms with Crippen molar-refractivity contribution < 1.29 is 14.6 Å². The van der Waals surface area contributed by atoms with E-state index in [1.54, 1.807) is 18.5 Å². The summed E-state index contributed by atoms with van der Waals surface area (Å²) in [6, 6.07) is 17.1. The molecule has 6 heteroatoms. The zero-order valence-electron chi connectivity index (χ0n) is 16.0. The van der Waals surface area contributed by atoms with Crippen molar-refractivity contribution in [3.05, 3.63) is 83.7 Å². The zero-order chi connectivity index (χ0) is 19.8. The first-order valence-corrected chi connectivity index (χ1v) is 9.72. The third-order valence-corrected chi connectivity index (χ3v) is 5.26. The zero-order valence-corrected chi connectivity index (χ0v) is 16.0. The highest BCUT2D eigenvalue weighted by Gasteiger charge is 2.42. The summed E-state index contributed by atoms with van der Waals surface area (Å²) in [4.78, 5) is 4.25. The standard InChI is InChI=1S/C23H21N3O3/c1-2-28-21-11-5-9-17-19-13-18(16-8-3-4-10-20(16)27)25-26(19)23(29-22(17)21)15-7-6-12-24-14-15/h3-12,14,19,23,27H,2,13H2,1H3/t19-,23-/m0/s1. The Morgan fingerprint density at radius 1 is 1.14 bits per heavy atom. The van der Waals surface area contributed by atoms with Crippen LogP contribution in [0.5, 0.6) is 17.2 Å². The monoisotopic (exact) mass is 387 g/mol. The topological polar surface area (TPSA) is 67.2 Å². The van der Waals surface area contributed by atoms with Gasteiger partial charge in [0.25, 0.3) is 0 Å². The van der Waals surface area contributed by atoms with Crippen LogP contribution in [-0.2, 0) is 0 Å². The Bertz CT molecular complexity index is 1070. The Hall–Kier alpha value is -3.54. The molecule has 0 unspecified atom stereocenters. The number of aromatic hydroxyl groups is 1. The summed E-state index contributed by atoms with van der Waals surface area (Å²) in [5.41, 5.74) is 3.52. The molecule has 0 saturated carbocycles. The molecule has 0 aliphatic carbocycles. The minimum absolute atomic E-state index is 0.0148. The van der Waals surface area contributed by atoms with Gasteiger partial charge in [0, 0.05) is 35.5 Å². The predicted octanol–water partition coefficient (Wildman–Crippen LogP) is 4.43. The molecule has 6 nitrogen and oxygen atoms in total. The summed E-state index contributed by atoms with van der Waals surface area (Å²) in [7, 11) is 0. The average Bonchev–Trinajstić information content (AvgIpc) is 3.20. The number of ether oxygens (including phenoxy) is 2. The van der Waals surface area contributed by atoms with Crippen LogP contribution >= 0.6 is 0 Å². The van der Waals surface area contributed by atoms with E-state index in [9.17, 15) is 5.11 Å². The lowest BCUT2D eigenvalue weighted by atomic mass is 9.95. The fourth-order valence-corrected chi connectivity index (χ4v) is 3.98. The lowest BCUT2D eigenvalue weighted by Gasteiger charge is -2.38. The third-order valence-electron chi connectivity index (χ3n) is 5.26. The first-order valence-electron chi connectivity index (χ1n) is 9.72. The Morgan fingerprint density at radius 2 is 2.03 bits per heavy atom. The Kier molecular flexibility index (Phi) is 4.31. The molecule has 2 aliphatic rings. The normalized spacial score (nSPS) is 19.8. The van der Waals surface area contributed by atoms with Gasteiger partial charge < -0.3 is 14.6 Å². The highest BCUT2D eigenvalue weighted by atomic mass is 16.5. The second-order valence-corrected chi connectivity index (χ2v) is 7.03. The maximum absolute atomic E-state index is 10.3. The number of hydrogen-bond donors (Lipinski definition) is 1. The summed E-state index contributed by atoms with van der Waals surface area (Å²) in [5.74, 6) is 1.71. The predicted molar refractivity (Wildman–Crippen MR) is 109 cm³/mol. The van der Waals surface area contributed by atoms with Crippen LogP contribution < -0.4 is 9.47 Å². The summed E-state index contributed by atoms with van der Waals surface area (Å²) in [6.07, 6.45) is 3.78. The smallest absolute Gasteiger partial charge is 0.215 e. The molecule has 2 atom stereocenters. The molecule has 3 aromatic rings. The van der Waals surface area contributed by atoms with Gasteiger partial charge in [-0.3, -0.25) is 4.98 Å². The van der Waals surface area contributed by atoms with E-state index in [0.29, 0.717) is 13.0 Å². The number of phenols is 1. The van der Waals surface area contributed by atoms with E-state index in [-0.39, 0.29) is 11.8 Å². The third kappa shape index (κ3) is 2.97. The van der Waals surface area contributed by atoms with Gasteiger partial charge in [-0.1, -0.05) is 30.3 Å². The molecule has 1 N–H and O–H groups in total. The van der Waals surface area contributed by atoms with Gasteiger partial charge in [-0.05, 0) is 31.2 Å². The van der Waals surface area contributed by atoms with E-state index in [1.165, 1.54) is 0 Å². The van der Waals surface area contributed by atoms with Gasteiger partial charge in [-0.15, -0.1) is 0 Å². The van der Waals surface area contributed by atoms with E-state index >= 15 is 0 Å². The Balaban J connectivity index is 1.63. The number of benzene rings is 2. The largest absolute Gasteiger partial charge is 0.507 e. The molecule has 0 fully saturated rings. The van der Waals surface area contributed by atoms with Crippen LogP contribution in [0.4, 0.5) is 0 Å². The molecule has 0 radical (unpaired) electrons. The first-order chi connectivity index (χ1) is 14.3. The molecular weight excluding hydrogens is 366 g/mol. The van der Waals surface area contributed by atoms with Crippen LogP contribution in [0.15, 0.2) is 72.1 Å². The van der Waals surface area contributed by atoms with Crippen LogP contribution in [0.1, 0.15) is 42.3 Å². The van der Waals surface area contributed by atoms with Gasteiger partial charge >= 0.3 is 0 Å². The number of hydrogen-bond acceptors (Lipinski definition) is 6. The molecule has 0 saturated heterocycles. The van der Waals surface area contributed by atoms with E-state index in [0.717, 1.165) is 33.9 Å². The second-order valence-electron chi connectivity index (χ2n) is 7.03. The summed E-state index contributed by atoms with van der Waals surface area (Å²) >= 11 is 0. The van der Waals surface area contributed by atoms with Gasteiger partial charge in [0.15, 0.2) is 11.5 Å². The van der Waals surface area contributed by atoms with Gasteiger partial charge in [0.05, 0.1) is 18.4 Å². The lowest BCUT2D eigenvalue weighted by Crippen LogP contribution is -2.34. The van der Waals surface area contributed by atoms with Crippen LogP contribution in [-0.4, -0.2) is 27.4 Å². The molecule has 146 valence electrons. The van der Waals surface area contributed by atoms with Crippen LogP contribution in [0, 0.1) is 0 Å². The van der Waals surface area contributed by atoms with Crippen molar-refractivity contribution in [3.8, 4) is 17.2 Å². The second kappa shape index (κ2) is 7.13. The fraction of sp³-hybridized carbons (Fsp3) is 0.217. The molecule has 5 rings (SSSR count). The highest BCUT2D eigenvalue weighted by Crippen LogP contribution is 2.50. The summed E-state index contributed by atoms with van der Waals surface area (Å²) < 4.78 is 12.3. The van der Waals surface area contributed by atoms with Gasteiger partial charge in [-0.2, -0.15) is 5.10 Å². The maximum atomic E-state index is 10.3. The van der Waals surface area contributed by atoms with E-state index < -0.39 is 6.23 Å². The number of para-hydroxylation sites is 2. The van der Waals surface area contributed by atoms with Crippen molar-refractivity contribution in [2.45, 2.75) is 25.6 Å². The highest BCUT2D eigenvalue weighted by molar-refractivity contribution is 6.04. The van der Waals surface area contributed by atoms with Crippen molar-refractivity contribution in [2.75, 3.05) is 6.61 Å². The van der Waals surface area contributed by atoms with Crippen LogP contribution in [0.2, 0.25) is 0 Å². The van der Waals surface area contributed by atoms with Gasteiger partial charge in [-0.25, -0.2) is 5.01 Å². The molecule has 2 aromatic carbocycles. The quantitative estimate of drug-likeness (QED) is 0.717. The summed E-state index contributed by atoms with van der Waals surface area (Å²) in [6.45, 7) is 2.52. The van der Waals surface area contributed by atoms with Crippen molar-refractivity contribution in [1.29, 1.82) is 0 Å². The first kappa shape index (κ1) is 17.6. The maximum Gasteiger partial charge on any atom is 0.215 e. The van der Waals surface area contributed by atoms with Crippen LogP contribution in [0.25, 0.3) is 0 Å². The van der Waals surface area contributed by atoms with E-state index in [4.69, 9.17) is 14.6 Å². The molecule has 3 heterocycles. The van der Waals surface area contributed by atoms with Gasteiger partial charge in [0.1, 0.15) is 5.75 Å². The molecule has 0 bridgehead atoms. The number of pyridine rings is 1. The van der Waals surface area contributed by atoms with E-state index in [1.807, 2.05) is 54.4 Å². The summed E-state index contributed by atoms with van der Waals surface area (Å²) in [5, 5.41) is 17.2. The van der Waals surface area contributed by atoms with Crippen molar-refractivity contribution in [2.24, 2.45) is 5.10 Å². The lowest BCUT2D eigenvalue weighted by molar-refractivity contribution is -0.0214. The molecule has 1 aromatic heterocycles. The van der Waals surface area contributed by atoms with Crippen molar-refractivity contribution in [1.82, 2.24) is 9.99 Å².